The number of aliphatic carboxylic acids is 1. The maximum atomic E-state index is 11.5. The zero-order valence-corrected chi connectivity index (χ0v) is 13.7. The van der Waals surface area contributed by atoms with Crippen LogP contribution in [0.3, 0.4) is 0 Å². The van der Waals surface area contributed by atoms with E-state index in [1.807, 2.05) is 18.2 Å². The first-order chi connectivity index (χ1) is 10.6. The quantitative estimate of drug-likeness (QED) is 0.879. The highest BCUT2D eigenvalue weighted by Crippen LogP contribution is 2.31. The molecule has 0 bridgehead atoms. The molecule has 0 saturated carbocycles. The highest BCUT2D eigenvalue weighted by Gasteiger charge is 2.22. The number of halogens is 1. The Morgan fingerprint density at radius 1 is 1.18 bits per heavy atom. The summed E-state index contributed by atoms with van der Waals surface area (Å²) >= 11 is 7.27. The van der Waals surface area contributed by atoms with Gasteiger partial charge in [0.1, 0.15) is 0 Å². The predicted molar refractivity (Wildman–Crippen MR) is 91.3 cm³/mol. The molecule has 3 nitrogen and oxygen atoms in total. The number of benzene rings is 1. The molecule has 0 spiro atoms. The number of anilines is 1. The fourth-order valence-corrected chi connectivity index (χ4v) is 4.03. The third kappa shape index (κ3) is 3.45. The number of carboxylic acids is 1. The van der Waals surface area contributed by atoms with E-state index >= 15 is 0 Å². The van der Waals surface area contributed by atoms with Crippen molar-refractivity contribution in [2.24, 2.45) is 0 Å². The average Bonchev–Trinajstić information content (AvgIpc) is 3.16. The van der Waals surface area contributed by atoms with Crippen LogP contribution in [0.1, 0.15) is 29.2 Å². The van der Waals surface area contributed by atoms with Gasteiger partial charge in [0.05, 0.1) is 10.3 Å². The monoisotopic (exact) mass is 335 g/mol. The van der Waals surface area contributed by atoms with Crippen LogP contribution in [0.4, 0.5) is 5.69 Å². The van der Waals surface area contributed by atoms with Crippen molar-refractivity contribution in [3.05, 3.63) is 51.2 Å². The van der Waals surface area contributed by atoms with Gasteiger partial charge in [0.15, 0.2) is 0 Å². The molecule has 1 aliphatic heterocycles. The van der Waals surface area contributed by atoms with E-state index in [0.29, 0.717) is 10.8 Å². The zero-order chi connectivity index (χ0) is 15.5. The van der Waals surface area contributed by atoms with Crippen molar-refractivity contribution in [3.63, 3.8) is 0 Å². The van der Waals surface area contributed by atoms with E-state index in [4.69, 9.17) is 11.6 Å². The lowest BCUT2D eigenvalue weighted by Crippen LogP contribution is -2.17. The second-order valence-electron chi connectivity index (χ2n) is 5.60. The molecule has 1 unspecified atom stereocenters. The molecule has 116 valence electrons. The number of carboxylic acid groups (broad SMARTS) is 1. The first-order valence-electron chi connectivity index (χ1n) is 7.45. The van der Waals surface area contributed by atoms with Crippen LogP contribution in [-0.2, 0) is 11.2 Å². The lowest BCUT2D eigenvalue weighted by molar-refractivity contribution is -0.138. The first-order valence-corrected chi connectivity index (χ1v) is 8.65. The third-order valence-electron chi connectivity index (χ3n) is 4.08. The zero-order valence-electron chi connectivity index (χ0n) is 12.2. The van der Waals surface area contributed by atoms with Crippen LogP contribution in [0, 0.1) is 0 Å². The Bertz CT molecular complexity index is 647. The highest BCUT2D eigenvalue weighted by molar-refractivity contribution is 7.16. The van der Waals surface area contributed by atoms with Gasteiger partial charge in [0.25, 0.3) is 0 Å². The van der Waals surface area contributed by atoms with E-state index in [0.717, 1.165) is 23.5 Å². The molecule has 22 heavy (non-hydrogen) atoms. The van der Waals surface area contributed by atoms with Crippen molar-refractivity contribution in [3.8, 4) is 0 Å². The Morgan fingerprint density at radius 3 is 2.41 bits per heavy atom. The second kappa shape index (κ2) is 6.71. The number of carbonyl (C=O) groups is 1. The molecule has 1 saturated heterocycles. The molecule has 1 aliphatic rings. The third-order valence-corrected chi connectivity index (χ3v) is 5.43. The van der Waals surface area contributed by atoms with E-state index < -0.39 is 11.9 Å². The van der Waals surface area contributed by atoms with Gasteiger partial charge in [0.2, 0.25) is 0 Å². The number of hydrogen-bond acceptors (Lipinski definition) is 3. The van der Waals surface area contributed by atoms with Gasteiger partial charge in [0, 0.05) is 23.7 Å². The van der Waals surface area contributed by atoms with Crippen molar-refractivity contribution in [2.75, 3.05) is 18.0 Å². The number of nitrogens with zero attached hydrogens (tertiary/aromatic N) is 1. The molecule has 1 atom stereocenters. The van der Waals surface area contributed by atoms with Crippen molar-refractivity contribution in [1.82, 2.24) is 0 Å². The molecule has 0 amide bonds. The van der Waals surface area contributed by atoms with E-state index in [-0.39, 0.29) is 0 Å². The Hall–Kier alpha value is -1.52. The summed E-state index contributed by atoms with van der Waals surface area (Å²) in [5.41, 5.74) is 2.27. The Morgan fingerprint density at radius 2 is 1.86 bits per heavy atom. The second-order valence-corrected chi connectivity index (χ2v) is 7.34. The molecule has 0 aliphatic carbocycles. The maximum Gasteiger partial charge on any atom is 0.312 e. The summed E-state index contributed by atoms with van der Waals surface area (Å²) in [6.45, 7) is 2.23. The van der Waals surface area contributed by atoms with Crippen molar-refractivity contribution < 1.29 is 9.90 Å². The Kier molecular flexibility index (Phi) is 4.69. The van der Waals surface area contributed by atoms with Gasteiger partial charge in [-0.25, -0.2) is 0 Å². The summed E-state index contributed by atoms with van der Waals surface area (Å²) in [7, 11) is 0. The minimum absolute atomic E-state index is 0.493. The molecule has 1 N–H and O–H groups in total. The average molecular weight is 336 g/mol. The van der Waals surface area contributed by atoms with Gasteiger partial charge in [-0.1, -0.05) is 23.7 Å². The van der Waals surface area contributed by atoms with Gasteiger partial charge < -0.3 is 10.0 Å². The standard InChI is InChI=1S/C17H18ClNO2S/c18-16-8-7-15(22-16)14(17(20)21)11-12-3-5-13(6-4-12)19-9-1-2-10-19/h3-8,14H,1-2,9-11H2,(H,20,21). The summed E-state index contributed by atoms with van der Waals surface area (Å²) in [4.78, 5) is 14.7. The van der Waals surface area contributed by atoms with Crippen LogP contribution in [0.25, 0.3) is 0 Å². The molecule has 2 aromatic rings. The number of hydrogen-bond donors (Lipinski definition) is 1. The number of rotatable bonds is 5. The highest BCUT2D eigenvalue weighted by atomic mass is 35.5. The molecule has 1 aromatic heterocycles. The summed E-state index contributed by atoms with van der Waals surface area (Å²) in [6.07, 6.45) is 3.00. The molecule has 3 rings (SSSR count). The fourth-order valence-electron chi connectivity index (χ4n) is 2.88. The largest absolute Gasteiger partial charge is 0.481 e. The molecule has 0 radical (unpaired) electrons. The van der Waals surface area contributed by atoms with E-state index in [1.54, 1.807) is 6.07 Å². The van der Waals surface area contributed by atoms with Gasteiger partial charge in [-0.05, 0) is 49.1 Å². The normalized spacial score (nSPS) is 16.0. The first kappa shape index (κ1) is 15.4. The molecular weight excluding hydrogens is 318 g/mol. The number of thiophene rings is 1. The summed E-state index contributed by atoms with van der Waals surface area (Å²) < 4.78 is 0.630. The van der Waals surface area contributed by atoms with E-state index in [2.05, 4.69) is 17.0 Å². The molecule has 5 heteroatoms. The van der Waals surface area contributed by atoms with Gasteiger partial charge in [-0.3, -0.25) is 4.79 Å². The van der Waals surface area contributed by atoms with Crippen molar-refractivity contribution in [1.29, 1.82) is 0 Å². The van der Waals surface area contributed by atoms with Crippen LogP contribution in [0.15, 0.2) is 36.4 Å². The SMILES string of the molecule is O=C(O)C(Cc1ccc(N2CCCC2)cc1)c1ccc(Cl)s1. The van der Waals surface area contributed by atoms with Crippen molar-refractivity contribution in [2.45, 2.75) is 25.2 Å². The minimum atomic E-state index is -0.804. The van der Waals surface area contributed by atoms with Crippen LogP contribution < -0.4 is 4.90 Å². The van der Waals surface area contributed by atoms with Gasteiger partial charge in [-0.2, -0.15) is 0 Å². The van der Waals surface area contributed by atoms with E-state index in [9.17, 15) is 9.90 Å². The van der Waals surface area contributed by atoms with Gasteiger partial charge in [-0.15, -0.1) is 11.3 Å². The maximum absolute atomic E-state index is 11.5. The van der Waals surface area contributed by atoms with Crippen LogP contribution in [-0.4, -0.2) is 24.2 Å². The van der Waals surface area contributed by atoms with Gasteiger partial charge >= 0.3 is 5.97 Å². The lowest BCUT2D eigenvalue weighted by Gasteiger charge is -2.18. The summed E-state index contributed by atoms with van der Waals surface area (Å²) in [6, 6.07) is 11.8. The predicted octanol–water partition coefficient (Wildman–Crippen LogP) is 4.41. The lowest BCUT2D eigenvalue weighted by atomic mass is 9.97. The van der Waals surface area contributed by atoms with Crippen LogP contribution in [0.2, 0.25) is 4.34 Å². The fraction of sp³-hybridized carbons (Fsp3) is 0.353. The summed E-state index contributed by atoms with van der Waals surface area (Å²) in [5, 5.41) is 9.48. The summed E-state index contributed by atoms with van der Waals surface area (Å²) in [5.74, 6) is -1.34. The van der Waals surface area contributed by atoms with Crippen LogP contribution in [0.5, 0.6) is 0 Å². The Balaban J connectivity index is 1.74. The molecule has 1 aromatic carbocycles. The topological polar surface area (TPSA) is 40.5 Å². The smallest absolute Gasteiger partial charge is 0.312 e. The Labute approximate surface area is 139 Å². The minimum Gasteiger partial charge on any atom is -0.481 e. The van der Waals surface area contributed by atoms with Crippen LogP contribution >= 0.6 is 22.9 Å². The van der Waals surface area contributed by atoms with Crippen molar-refractivity contribution >= 4 is 34.6 Å². The molecule has 1 fully saturated rings. The molecule has 2 heterocycles. The van der Waals surface area contributed by atoms with E-state index in [1.165, 1.54) is 29.9 Å². The molecular formula is C17H18ClNO2S.